The van der Waals surface area contributed by atoms with Gasteiger partial charge in [0.1, 0.15) is 5.82 Å². The summed E-state index contributed by atoms with van der Waals surface area (Å²) in [5.74, 6) is 0.0180. The number of benzene rings is 1. The first-order valence-electron chi connectivity index (χ1n) is 5.24. The van der Waals surface area contributed by atoms with E-state index in [1.54, 1.807) is 12.1 Å². The van der Waals surface area contributed by atoms with Crippen molar-refractivity contribution < 1.29 is 4.39 Å². The van der Waals surface area contributed by atoms with E-state index >= 15 is 0 Å². The molecule has 84 valence electrons. The van der Waals surface area contributed by atoms with Gasteiger partial charge in [0.15, 0.2) is 0 Å². The third-order valence-corrected chi connectivity index (χ3v) is 3.03. The Balaban J connectivity index is 2.68. The molecule has 2 N–H and O–H groups in total. The first-order chi connectivity index (χ1) is 7.04. The van der Waals surface area contributed by atoms with E-state index in [1.165, 1.54) is 6.07 Å². The molecule has 1 nitrogen and oxygen atoms in total. The van der Waals surface area contributed by atoms with Crippen LogP contribution in [0, 0.1) is 11.7 Å². The molecule has 0 fully saturated rings. The highest BCUT2D eigenvalue weighted by Crippen LogP contribution is 2.19. The molecule has 3 heteroatoms. The van der Waals surface area contributed by atoms with E-state index in [0.717, 1.165) is 18.4 Å². The van der Waals surface area contributed by atoms with Crippen LogP contribution in [0.15, 0.2) is 18.2 Å². The maximum Gasteiger partial charge on any atom is 0.141 e. The van der Waals surface area contributed by atoms with Crippen molar-refractivity contribution in [3.05, 3.63) is 34.6 Å². The topological polar surface area (TPSA) is 26.0 Å². The summed E-state index contributed by atoms with van der Waals surface area (Å²) < 4.78 is 12.9. The number of hydrogen-bond acceptors (Lipinski definition) is 1. The molecule has 0 aliphatic rings. The van der Waals surface area contributed by atoms with Crippen molar-refractivity contribution in [3.63, 3.8) is 0 Å². The second-order valence-electron chi connectivity index (χ2n) is 4.00. The molecule has 2 atom stereocenters. The summed E-state index contributed by atoms with van der Waals surface area (Å²) in [7, 11) is 0. The molecule has 0 spiro atoms. The van der Waals surface area contributed by atoms with Gasteiger partial charge in [-0.15, -0.1) is 0 Å². The molecule has 0 saturated heterocycles. The molecule has 1 aromatic rings. The van der Waals surface area contributed by atoms with Crippen LogP contribution in [-0.4, -0.2) is 6.04 Å². The molecule has 0 amide bonds. The van der Waals surface area contributed by atoms with Crippen molar-refractivity contribution in [2.45, 2.75) is 32.7 Å². The lowest BCUT2D eigenvalue weighted by atomic mass is 9.93. The normalized spacial score (nSPS) is 15.0. The zero-order valence-corrected chi connectivity index (χ0v) is 9.89. The summed E-state index contributed by atoms with van der Waals surface area (Å²) >= 11 is 5.70. The van der Waals surface area contributed by atoms with E-state index in [4.69, 9.17) is 17.3 Å². The minimum absolute atomic E-state index is 0.185. The van der Waals surface area contributed by atoms with Gasteiger partial charge < -0.3 is 5.73 Å². The van der Waals surface area contributed by atoms with Crippen molar-refractivity contribution >= 4 is 11.6 Å². The van der Waals surface area contributed by atoms with E-state index in [9.17, 15) is 4.39 Å². The fourth-order valence-electron chi connectivity index (χ4n) is 1.59. The van der Waals surface area contributed by atoms with Gasteiger partial charge in [-0.25, -0.2) is 4.39 Å². The van der Waals surface area contributed by atoms with Gasteiger partial charge in [-0.3, -0.25) is 0 Å². The van der Waals surface area contributed by atoms with Gasteiger partial charge in [0.25, 0.3) is 0 Å². The monoisotopic (exact) mass is 229 g/mol. The van der Waals surface area contributed by atoms with Crippen LogP contribution in [0.1, 0.15) is 25.8 Å². The highest BCUT2D eigenvalue weighted by Gasteiger charge is 2.12. The van der Waals surface area contributed by atoms with E-state index in [-0.39, 0.29) is 16.9 Å². The summed E-state index contributed by atoms with van der Waals surface area (Å²) in [6.45, 7) is 4.17. The van der Waals surface area contributed by atoms with Gasteiger partial charge in [0.2, 0.25) is 0 Å². The molecule has 0 bridgehead atoms. The lowest BCUT2D eigenvalue weighted by Crippen LogP contribution is -2.28. The summed E-state index contributed by atoms with van der Waals surface area (Å²) in [4.78, 5) is 0. The van der Waals surface area contributed by atoms with Crippen molar-refractivity contribution in [1.82, 2.24) is 0 Å². The quantitative estimate of drug-likeness (QED) is 0.842. The first kappa shape index (κ1) is 12.5. The van der Waals surface area contributed by atoms with Crippen LogP contribution in [0.2, 0.25) is 5.02 Å². The zero-order valence-electron chi connectivity index (χ0n) is 9.13. The highest BCUT2D eigenvalue weighted by atomic mass is 35.5. The molecule has 0 radical (unpaired) electrons. The number of rotatable bonds is 4. The Morgan fingerprint density at radius 3 is 2.67 bits per heavy atom. The summed E-state index contributed by atoms with van der Waals surface area (Å²) in [5.41, 5.74) is 6.96. The SMILES string of the molecule is CCC(N)C(C)Cc1ccc(F)c(Cl)c1. The molecule has 0 aromatic heterocycles. The Kier molecular flexibility index (Phi) is 4.55. The van der Waals surface area contributed by atoms with Crippen LogP contribution >= 0.6 is 11.6 Å². The van der Waals surface area contributed by atoms with Crippen LogP contribution in [0.4, 0.5) is 4.39 Å². The van der Waals surface area contributed by atoms with Gasteiger partial charge in [-0.2, -0.15) is 0 Å². The second kappa shape index (κ2) is 5.47. The molecule has 1 rings (SSSR count). The van der Waals surface area contributed by atoms with E-state index in [0.29, 0.717) is 5.92 Å². The average Bonchev–Trinajstić information content (AvgIpc) is 2.22. The number of halogens is 2. The van der Waals surface area contributed by atoms with Gasteiger partial charge in [-0.05, 0) is 36.5 Å². The summed E-state index contributed by atoms with van der Waals surface area (Å²) in [6, 6.07) is 5.03. The fraction of sp³-hybridized carbons (Fsp3) is 0.500. The maximum atomic E-state index is 12.9. The molecule has 1 aromatic carbocycles. The van der Waals surface area contributed by atoms with Crippen molar-refractivity contribution in [1.29, 1.82) is 0 Å². The van der Waals surface area contributed by atoms with Gasteiger partial charge >= 0.3 is 0 Å². The van der Waals surface area contributed by atoms with Gasteiger partial charge in [-0.1, -0.05) is 31.5 Å². The van der Waals surface area contributed by atoms with Crippen LogP contribution in [0.3, 0.4) is 0 Å². The molecular weight excluding hydrogens is 213 g/mol. The second-order valence-corrected chi connectivity index (χ2v) is 4.41. The minimum atomic E-state index is -0.368. The predicted molar refractivity (Wildman–Crippen MR) is 62.5 cm³/mol. The minimum Gasteiger partial charge on any atom is -0.327 e. The Labute approximate surface area is 95.4 Å². The van der Waals surface area contributed by atoms with Crippen LogP contribution in [-0.2, 0) is 6.42 Å². The third kappa shape index (κ3) is 3.47. The third-order valence-electron chi connectivity index (χ3n) is 2.74. The van der Waals surface area contributed by atoms with Crippen LogP contribution in [0.25, 0.3) is 0 Å². The van der Waals surface area contributed by atoms with Crippen molar-refractivity contribution in [3.8, 4) is 0 Å². The van der Waals surface area contributed by atoms with Crippen LogP contribution in [0.5, 0.6) is 0 Å². The van der Waals surface area contributed by atoms with Crippen LogP contribution < -0.4 is 5.73 Å². The molecular formula is C12H17ClFN. The Bertz CT molecular complexity index is 327. The average molecular weight is 230 g/mol. The zero-order chi connectivity index (χ0) is 11.4. The molecule has 0 saturated carbocycles. The molecule has 2 unspecified atom stereocenters. The summed E-state index contributed by atoms with van der Waals surface area (Å²) in [5, 5.41) is 0.185. The molecule has 0 heterocycles. The van der Waals surface area contributed by atoms with E-state index in [2.05, 4.69) is 13.8 Å². The highest BCUT2D eigenvalue weighted by molar-refractivity contribution is 6.30. The van der Waals surface area contributed by atoms with E-state index in [1.807, 2.05) is 0 Å². The Morgan fingerprint density at radius 1 is 1.47 bits per heavy atom. The number of hydrogen-bond donors (Lipinski definition) is 1. The first-order valence-corrected chi connectivity index (χ1v) is 5.62. The van der Waals surface area contributed by atoms with Gasteiger partial charge in [0, 0.05) is 6.04 Å². The largest absolute Gasteiger partial charge is 0.327 e. The Hall–Kier alpha value is -0.600. The van der Waals surface area contributed by atoms with Crippen molar-refractivity contribution in [2.24, 2.45) is 11.7 Å². The molecule has 15 heavy (non-hydrogen) atoms. The molecule has 0 aliphatic carbocycles. The summed E-state index contributed by atoms with van der Waals surface area (Å²) in [6.07, 6.45) is 1.80. The van der Waals surface area contributed by atoms with Crippen molar-refractivity contribution in [2.75, 3.05) is 0 Å². The van der Waals surface area contributed by atoms with Gasteiger partial charge in [0.05, 0.1) is 5.02 Å². The fourth-order valence-corrected chi connectivity index (χ4v) is 1.80. The Morgan fingerprint density at radius 2 is 2.13 bits per heavy atom. The number of nitrogens with two attached hydrogens (primary N) is 1. The molecule has 0 aliphatic heterocycles. The maximum absolute atomic E-state index is 12.9. The lowest BCUT2D eigenvalue weighted by molar-refractivity contribution is 0.442. The standard InChI is InChI=1S/C12H17ClFN/c1-3-12(15)8(2)6-9-4-5-11(14)10(13)7-9/h4-5,7-8,12H,3,6,15H2,1-2H3. The lowest BCUT2D eigenvalue weighted by Gasteiger charge is -2.18. The predicted octanol–water partition coefficient (Wildman–Crippen LogP) is 3.40. The smallest absolute Gasteiger partial charge is 0.141 e. The van der Waals surface area contributed by atoms with E-state index < -0.39 is 0 Å².